The molecular weight excluding hydrogens is 343 g/mol. The van der Waals surface area contributed by atoms with Crippen LogP contribution < -0.4 is 5.32 Å². The van der Waals surface area contributed by atoms with E-state index in [2.05, 4.69) is 16.4 Å². The summed E-state index contributed by atoms with van der Waals surface area (Å²) in [5.41, 5.74) is 3.12. The average molecular weight is 370 g/mol. The predicted octanol–water partition coefficient (Wildman–Crippen LogP) is 5.24. The number of hydrogen-bond donors (Lipinski definition) is 1. The quantitative estimate of drug-likeness (QED) is 0.786. The van der Waals surface area contributed by atoms with Gasteiger partial charge < -0.3 is 10.2 Å². The van der Waals surface area contributed by atoms with Crippen LogP contribution >= 0.6 is 0 Å². The van der Waals surface area contributed by atoms with Gasteiger partial charge in [-0.25, -0.2) is 9.18 Å². The molecule has 1 saturated heterocycles. The van der Waals surface area contributed by atoms with Crippen molar-refractivity contribution in [2.24, 2.45) is 5.92 Å². The summed E-state index contributed by atoms with van der Waals surface area (Å²) in [5.74, 6) is -0.359. The minimum absolute atomic E-state index is 0. The number of rotatable bonds is 2. The highest BCUT2D eigenvalue weighted by atomic mass is 19.1. The van der Waals surface area contributed by atoms with E-state index in [4.69, 9.17) is 5.26 Å². The van der Waals surface area contributed by atoms with E-state index in [1.165, 1.54) is 6.07 Å². The molecule has 2 aromatic rings. The van der Waals surface area contributed by atoms with Crippen LogP contribution in [0.4, 0.5) is 14.9 Å². The molecule has 1 N–H and O–H groups in total. The third kappa shape index (κ3) is 5.27. The lowest BCUT2D eigenvalue weighted by molar-refractivity contribution is 0.192. The van der Waals surface area contributed by atoms with Gasteiger partial charge in [0.15, 0.2) is 0 Å². The number of nitrogens with zero attached hydrogens (tertiary/aromatic N) is 3. The minimum Gasteiger partial charge on any atom is -0.324 e. The van der Waals surface area contributed by atoms with Crippen molar-refractivity contribution in [1.29, 1.82) is 5.26 Å². The Morgan fingerprint density at radius 2 is 2.00 bits per heavy atom. The molecule has 1 aromatic carbocycles. The molecule has 0 bridgehead atoms. The summed E-state index contributed by atoms with van der Waals surface area (Å²) in [5, 5.41) is 11.8. The Labute approximate surface area is 161 Å². The van der Waals surface area contributed by atoms with E-state index >= 15 is 0 Å². The van der Waals surface area contributed by atoms with Crippen LogP contribution in [0.3, 0.4) is 0 Å². The molecule has 2 heterocycles. The minimum atomic E-state index is -0.397. The Kier molecular flexibility index (Phi) is 7.30. The molecule has 0 saturated carbocycles. The second-order valence-corrected chi connectivity index (χ2v) is 6.24. The molecule has 2 amide bonds. The Bertz CT molecular complexity index is 829. The Morgan fingerprint density at radius 1 is 1.30 bits per heavy atom. The van der Waals surface area contributed by atoms with Crippen LogP contribution in [0.1, 0.15) is 33.7 Å². The van der Waals surface area contributed by atoms with Gasteiger partial charge in [0.1, 0.15) is 5.82 Å². The molecule has 0 radical (unpaired) electrons. The first-order valence-corrected chi connectivity index (χ1v) is 9.24. The van der Waals surface area contributed by atoms with Gasteiger partial charge in [-0.2, -0.15) is 5.26 Å². The number of aryl methyl sites for hydroxylation is 1. The fraction of sp³-hybridized carbons (Fsp3) is 0.381. The lowest BCUT2D eigenvalue weighted by Gasteiger charge is -2.29. The number of piperidine rings is 1. The van der Waals surface area contributed by atoms with Crippen LogP contribution in [0, 0.1) is 30.0 Å². The second kappa shape index (κ2) is 9.67. The average Bonchev–Trinajstić information content (AvgIpc) is 2.71. The van der Waals surface area contributed by atoms with Crippen LogP contribution in [0.15, 0.2) is 36.7 Å². The van der Waals surface area contributed by atoms with Crippen LogP contribution in [-0.4, -0.2) is 29.0 Å². The van der Waals surface area contributed by atoms with Gasteiger partial charge >= 0.3 is 6.03 Å². The molecule has 0 unspecified atom stereocenters. The number of nitrogens with one attached hydrogen (secondary N) is 1. The normalized spacial score (nSPS) is 14.0. The van der Waals surface area contributed by atoms with E-state index in [0.29, 0.717) is 37.2 Å². The first-order valence-electron chi connectivity index (χ1n) is 9.24. The van der Waals surface area contributed by atoms with Crippen molar-refractivity contribution >= 4 is 11.7 Å². The van der Waals surface area contributed by atoms with Crippen molar-refractivity contribution in [2.75, 3.05) is 18.4 Å². The summed E-state index contributed by atoms with van der Waals surface area (Å²) in [4.78, 5) is 18.0. The van der Waals surface area contributed by atoms with Gasteiger partial charge in [0.25, 0.3) is 0 Å². The first kappa shape index (κ1) is 20.4. The zero-order valence-corrected chi connectivity index (χ0v) is 16.0. The fourth-order valence-electron chi connectivity index (χ4n) is 2.98. The van der Waals surface area contributed by atoms with Crippen LogP contribution in [0.2, 0.25) is 0 Å². The highest BCUT2D eigenvalue weighted by molar-refractivity contribution is 5.90. The van der Waals surface area contributed by atoms with E-state index in [0.717, 1.165) is 17.3 Å². The highest BCUT2D eigenvalue weighted by Gasteiger charge is 2.22. The molecule has 1 fully saturated rings. The smallest absolute Gasteiger partial charge is 0.321 e. The zero-order chi connectivity index (χ0) is 19.8. The second-order valence-electron chi connectivity index (χ2n) is 6.24. The van der Waals surface area contributed by atoms with Crippen molar-refractivity contribution in [2.45, 2.75) is 33.6 Å². The van der Waals surface area contributed by atoms with Gasteiger partial charge in [-0.15, -0.1) is 0 Å². The molecule has 1 aliphatic rings. The molecule has 3 rings (SSSR count). The molecule has 144 valence electrons. The molecule has 6 heteroatoms. The van der Waals surface area contributed by atoms with E-state index in [-0.39, 0.29) is 13.4 Å². The van der Waals surface area contributed by atoms with Crippen LogP contribution in [0.25, 0.3) is 11.1 Å². The molecule has 0 spiro atoms. The molecule has 1 aliphatic heterocycles. The topological polar surface area (TPSA) is 69.0 Å². The maximum atomic E-state index is 13.4. The van der Waals surface area contributed by atoms with Crippen molar-refractivity contribution < 1.29 is 10.6 Å². The molecule has 5 nitrogen and oxygen atoms in total. The largest absolute Gasteiger partial charge is 0.324 e. The number of urea groups is 1. The fourth-order valence-corrected chi connectivity index (χ4v) is 2.98. The van der Waals surface area contributed by atoms with Crippen molar-refractivity contribution in [1.82, 2.24) is 9.88 Å². The standard InChI is InChI=1S/C19H19FN4O.C2H6.H2/c1-13-2-3-17(9-18(13)15-8-16(20)12-22-11-15)23-19(25)24-6-4-14(10-21)5-7-24;1-2;/h2-3,8-9,11-12,14H,4-7H2,1H3,(H,23,25);1-2H3;1H. The summed E-state index contributed by atoms with van der Waals surface area (Å²) >= 11 is 0. The Balaban J connectivity index is 0.00000127. The Morgan fingerprint density at radius 3 is 2.63 bits per heavy atom. The van der Waals surface area contributed by atoms with Gasteiger partial charge in [-0.3, -0.25) is 4.98 Å². The lowest BCUT2D eigenvalue weighted by Crippen LogP contribution is -2.40. The monoisotopic (exact) mass is 370 g/mol. The van der Waals surface area contributed by atoms with E-state index < -0.39 is 5.82 Å². The van der Waals surface area contributed by atoms with Gasteiger partial charge in [-0.05, 0) is 49.1 Å². The summed E-state index contributed by atoms with van der Waals surface area (Å²) in [6, 6.07) is 9.04. The number of pyridine rings is 1. The summed E-state index contributed by atoms with van der Waals surface area (Å²) in [6.45, 7) is 7.09. The van der Waals surface area contributed by atoms with Crippen molar-refractivity contribution in [3.8, 4) is 17.2 Å². The number of anilines is 1. The molecule has 27 heavy (non-hydrogen) atoms. The van der Waals surface area contributed by atoms with Crippen molar-refractivity contribution in [3.63, 3.8) is 0 Å². The number of carbonyl (C=O) groups is 1. The number of nitriles is 1. The summed E-state index contributed by atoms with van der Waals surface area (Å²) < 4.78 is 13.4. The maximum absolute atomic E-state index is 13.4. The molecule has 1 aromatic heterocycles. The lowest BCUT2D eigenvalue weighted by atomic mass is 9.99. The number of amides is 2. The summed E-state index contributed by atoms with van der Waals surface area (Å²) in [6.07, 6.45) is 4.18. The predicted molar refractivity (Wildman–Crippen MR) is 107 cm³/mol. The number of hydrogen-bond acceptors (Lipinski definition) is 3. The molecule has 0 aliphatic carbocycles. The third-order valence-electron chi connectivity index (χ3n) is 4.47. The number of carbonyl (C=O) groups excluding carboxylic acids is 1. The first-order chi connectivity index (χ1) is 13.1. The highest BCUT2D eigenvalue weighted by Crippen LogP contribution is 2.27. The molecular formula is C21H27FN4O. The number of likely N-dealkylation sites (tertiary alicyclic amines) is 1. The van der Waals surface area contributed by atoms with E-state index in [9.17, 15) is 9.18 Å². The molecule has 0 atom stereocenters. The number of aromatic nitrogens is 1. The van der Waals surface area contributed by atoms with E-state index in [1.54, 1.807) is 11.1 Å². The SMILES string of the molecule is CC.Cc1ccc(NC(=O)N2CCC(C#N)CC2)cc1-c1cncc(F)c1.[HH]. The maximum Gasteiger partial charge on any atom is 0.321 e. The zero-order valence-electron chi connectivity index (χ0n) is 16.0. The third-order valence-corrected chi connectivity index (χ3v) is 4.47. The van der Waals surface area contributed by atoms with E-state index in [1.807, 2.05) is 39.0 Å². The van der Waals surface area contributed by atoms with Crippen LogP contribution in [0.5, 0.6) is 0 Å². The summed E-state index contributed by atoms with van der Waals surface area (Å²) in [7, 11) is 0. The Hall–Kier alpha value is -2.94. The van der Waals surface area contributed by atoms with Gasteiger partial charge in [0, 0.05) is 37.9 Å². The number of benzene rings is 1. The van der Waals surface area contributed by atoms with Gasteiger partial charge in [-0.1, -0.05) is 19.9 Å². The van der Waals surface area contributed by atoms with Gasteiger partial charge in [0.2, 0.25) is 0 Å². The number of halogens is 1. The van der Waals surface area contributed by atoms with Crippen molar-refractivity contribution in [3.05, 3.63) is 48.0 Å². The van der Waals surface area contributed by atoms with Crippen LogP contribution in [-0.2, 0) is 0 Å². The van der Waals surface area contributed by atoms with Gasteiger partial charge in [0.05, 0.1) is 12.3 Å².